The summed E-state index contributed by atoms with van der Waals surface area (Å²) in [5, 5.41) is 12.4. The Labute approximate surface area is 280 Å². The van der Waals surface area contributed by atoms with Crippen LogP contribution in [0.3, 0.4) is 0 Å². The van der Waals surface area contributed by atoms with E-state index in [1.54, 1.807) is 41.5 Å². The van der Waals surface area contributed by atoms with Crippen LogP contribution in [0.5, 0.6) is 0 Å². The van der Waals surface area contributed by atoms with E-state index in [1.165, 1.54) is 48.3 Å². The molecule has 1 saturated heterocycles. The van der Waals surface area contributed by atoms with Gasteiger partial charge in [0, 0.05) is 25.2 Å². The van der Waals surface area contributed by atoms with Crippen LogP contribution < -0.4 is 21.0 Å². The number of amides is 5. The van der Waals surface area contributed by atoms with Crippen molar-refractivity contribution in [3.05, 3.63) is 29.8 Å². The molecule has 17 nitrogen and oxygen atoms in total. The number of esters is 1. The number of carbonyl (C=O) groups is 6. The summed E-state index contributed by atoms with van der Waals surface area (Å²) in [7, 11) is 2.64. The van der Waals surface area contributed by atoms with E-state index < -0.39 is 53.6 Å². The predicted octanol–water partition coefficient (Wildman–Crippen LogP) is 1.13. The molecule has 0 aromatic heterocycles. The maximum absolute atomic E-state index is 13.5. The third-order valence-electron chi connectivity index (χ3n) is 6.47. The first-order valence-electron chi connectivity index (χ1n) is 15.3. The summed E-state index contributed by atoms with van der Waals surface area (Å²) in [4.78, 5) is 88.0. The van der Waals surface area contributed by atoms with Gasteiger partial charge in [0.1, 0.15) is 30.9 Å². The lowest BCUT2D eigenvalue weighted by molar-refractivity contribution is -0.163. The van der Waals surface area contributed by atoms with Crippen molar-refractivity contribution in [1.82, 2.24) is 25.8 Å². The Balaban J connectivity index is 2.10. The third kappa shape index (κ3) is 12.7. The van der Waals surface area contributed by atoms with Gasteiger partial charge in [-0.2, -0.15) is 5.06 Å². The molecule has 0 saturated carbocycles. The maximum atomic E-state index is 13.5. The topological polar surface area (TPSA) is 198 Å². The lowest BCUT2D eigenvalue weighted by atomic mass is 10.0. The van der Waals surface area contributed by atoms with Gasteiger partial charge in [-0.25, -0.2) is 4.79 Å². The van der Waals surface area contributed by atoms with Crippen molar-refractivity contribution < 1.29 is 47.9 Å². The second-order valence-electron chi connectivity index (χ2n) is 12.6. The molecule has 0 aliphatic carbocycles. The molecule has 3 N–H and O–H groups in total. The zero-order chi connectivity index (χ0) is 36.1. The third-order valence-corrected chi connectivity index (χ3v) is 6.47. The monoisotopic (exact) mass is 677 g/mol. The van der Waals surface area contributed by atoms with Crippen LogP contribution in [0.4, 0.5) is 10.5 Å². The molecule has 5 amide bonds. The van der Waals surface area contributed by atoms with Crippen molar-refractivity contribution in [2.45, 2.75) is 71.6 Å². The zero-order valence-electron chi connectivity index (χ0n) is 28.8. The molecule has 1 aromatic rings. The van der Waals surface area contributed by atoms with Gasteiger partial charge < -0.3 is 34.7 Å². The number of benzene rings is 1. The molecule has 0 spiro atoms. The molecule has 17 heteroatoms. The highest BCUT2D eigenvalue weighted by Gasteiger charge is 2.38. The van der Waals surface area contributed by atoms with Crippen LogP contribution in [0.15, 0.2) is 29.4 Å². The van der Waals surface area contributed by atoms with Gasteiger partial charge >= 0.3 is 12.1 Å². The van der Waals surface area contributed by atoms with E-state index in [9.17, 15) is 28.8 Å². The summed E-state index contributed by atoms with van der Waals surface area (Å²) in [6.45, 7) is 10.1. The van der Waals surface area contributed by atoms with E-state index in [1.807, 2.05) is 0 Å². The lowest BCUT2D eigenvalue weighted by Crippen LogP contribution is -2.61. The number of rotatable bonds is 13. The zero-order valence-corrected chi connectivity index (χ0v) is 28.8. The van der Waals surface area contributed by atoms with Crippen LogP contribution in [0.25, 0.3) is 0 Å². The second kappa shape index (κ2) is 17.8. The highest BCUT2D eigenvalue weighted by molar-refractivity contribution is 6.01. The molecule has 0 radical (unpaired) electrons. The summed E-state index contributed by atoms with van der Waals surface area (Å²) < 4.78 is 10.6. The Morgan fingerprint density at radius 1 is 0.979 bits per heavy atom. The molecule has 1 aliphatic heterocycles. The van der Waals surface area contributed by atoms with Crippen molar-refractivity contribution in [2.75, 3.05) is 52.0 Å². The van der Waals surface area contributed by atoms with E-state index in [0.29, 0.717) is 18.5 Å². The minimum Gasteiger partial charge on any atom is -0.459 e. The fourth-order valence-electron chi connectivity index (χ4n) is 4.59. The van der Waals surface area contributed by atoms with Gasteiger partial charge in [0.2, 0.25) is 18.2 Å². The predicted molar refractivity (Wildman–Crippen MR) is 173 cm³/mol. The van der Waals surface area contributed by atoms with E-state index in [4.69, 9.17) is 19.1 Å². The number of piperazine rings is 1. The fraction of sp³-hybridized carbons (Fsp3) is 0.581. The molecule has 1 heterocycles. The summed E-state index contributed by atoms with van der Waals surface area (Å²) in [6.07, 6.45) is 0.298. The minimum absolute atomic E-state index is 0.0614. The second-order valence-corrected chi connectivity index (χ2v) is 12.6. The molecule has 1 atom stereocenters. The van der Waals surface area contributed by atoms with Crippen LogP contribution in [0.1, 0.15) is 64.7 Å². The van der Waals surface area contributed by atoms with Gasteiger partial charge in [-0.3, -0.25) is 34.1 Å². The van der Waals surface area contributed by atoms with Crippen LogP contribution in [-0.2, 0) is 38.3 Å². The summed E-state index contributed by atoms with van der Waals surface area (Å²) in [5.74, 6) is -2.13. The van der Waals surface area contributed by atoms with E-state index in [-0.39, 0.29) is 44.1 Å². The lowest BCUT2D eigenvalue weighted by Gasteiger charge is -2.40. The van der Waals surface area contributed by atoms with Crippen molar-refractivity contribution >= 4 is 47.8 Å². The number of nitrogens with zero attached hydrogens (tertiary/aromatic N) is 4. The van der Waals surface area contributed by atoms with Crippen LogP contribution in [0.2, 0.25) is 0 Å². The number of nitrogens with one attached hydrogen (secondary N) is 3. The Morgan fingerprint density at radius 2 is 1.62 bits per heavy atom. The van der Waals surface area contributed by atoms with Gasteiger partial charge in [-0.15, -0.1) is 0 Å². The molecule has 0 bridgehead atoms. The molecule has 266 valence electrons. The van der Waals surface area contributed by atoms with Crippen molar-refractivity contribution in [1.29, 1.82) is 0 Å². The van der Waals surface area contributed by atoms with Gasteiger partial charge in [0.15, 0.2) is 0 Å². The first-order valence-corrected chi connectivity index (χ1v) is 15.3. The summed E-state index contributed by atoms with van der Waals surface area (Å²) in [5.41, 5.74) is -0.787. The number of hydrogen-bond donors (Lipinski definition) is 3. The summed E-state index contributed by atoms with van der Waals surface area (Å²) >= 11 is 0. The molecular formula is C31H47N7O10. The van der Waals surface area contributed by atoms with Crippen LogP contribution in [-0.4, -0.2) is 116 Å². The first-order chi connectivity index (χ1) is 22.5. The normalized spacial score (nSPS) is 15.3. The molecule has 1 fully saturated rings. The minimum atomic E-state index is -0.937. The smallest absolute Gasteiger partial charge is 0.407 e. The first kappa shape index (κ1) is 39.2. The highest BCUT2D eigenvalue weighted by Crippen LogP contribution is 2.19. The number of guanidine groups is 1. The number of carbonyl (C=O) groups excluding carboxylic acids is 6. The Hall–Kier alpha value is -4.93. The molecule has 0 unspecified atom stereocenters. The Kier molecular flexibility index (Phi) is 14.6. The highest BCUT2D eigenvalue weighted by atomic mass is 16.7. The molecule has 1 aliphatic rings. The molecule has 48 heavy (non-hydrogen) atoms. The molecular weight excluding hydrogens is 630 g/mol. The average molecular weight is 678 g/mol. The number of ether oxygens (including phenoxy) is 2. The number of alkyl carbamates (subject to hydrolysis) is 1. The van der Waals surface area contributed by atoms with Gasteiger partial charge in [0.25, 0.3) is 11.9 Å². The number of hydroxylamine groups is 1. The SMILES string of the molecule is CON=C(NC=O)N(OC)c1ccc(C(=O)NCC(=O)N2CCN(CC(=O)OC(C)(C)C)C(=O)[C@@H]2CCCNC(=O)OC(C)(C)C)cc1. The van der Waals surface area contributed by atoms with E-state index in [2.05, 4.69) is 21.1 Å². The molecule has 2 rings (SSSR count). The summed E-state index contributed by atoms with van der Waals surface area (Å²) in [6, 6.07) is 5.08. The van der Waals surface area contributed by atoms with Gasteiger partial charge in [0.05, 0.1) is 19.3 Å². The van der Waals surface area contributed by atoms with Crippen LogP contribution >= 0.6 is 0 Å². The largest absolute Gasteiger partial charge is 0.459 e. The van der Waals surface area contributed by atoms with E-state index >= 15 is 0 Å². The van der Waals surface area contributed by atoms with Gasteiger partial charge in [-0.1, -0.05) is 0 Å². The van der Waals surface area contributed by atoms with Gasteiger partial charge in [-0.05, 0) is 83.8 Å². The van der Waals surface area contributed by atoms with Crippen molar-refractivity contribution in [3.63, 3.8) is 0 Å². The van der Waals surface area contributed by atoms with Crippen molar-refractivity contribution in [2.24, 2.45) is 5.16 Å². The standard InChI is InChI=1S/C31H47N7O10/c1-30(2,3)47-25(41)19-36-16-17-37(23(27(36)43)10-9-15-32-29(44)48-31(4,5)6)24(40)18-33-26(42)21-11-13-22(14-12-21)38(46-8)28(34-20-39)35-45-7/h11-14,20,23H,9-10,15-19H2,1-8H3,(H,32,44)(H,33,42)(H,34,35,39)/t23-/m0/s1. The molecule has 1 aromatic carbocycles. The average Bonchev–Trinajstić information content (AvgIpc) is 2.98. The Morgan fingerprint density at radius 3 is 2.19 bits per heavy atom. The van der Waals surface area contributed by atoms with Crippen LogP contribution in [0, 0.1) is 0 Å². The fourth-order valence-corrected chi connectivity index (χ4v) is 4.59. The Bertz CT molecular complexity index is 1320. The maximum Gasteiger partial charge on any atom is 0.407 e. The number of oxime groups is 1. The van der Waals surface area contributed by atoms with Crippen molar-refractivity contribution in [3.8, 4) is 0 Å². The van der Waals surface area contributed by atoms with E-state index in [0.717, 1.165) is 5.06 Å². The number of hydrogen-bond acceptors (Lipinski definition) is 11. The quantitative estimate of drug-likeness (QED) is 0.0676. The number of anilines is 1.